The molecule has 1 aromatic carbocycles. The minimum Gasteiger partial charge on any atom is -0.438 e. The quantitative estimate of drug-likeness (QED) is 0.397. The fourth-order valence-corrected chi connectivity index (χ4v) is 2.86. The van der Waals surface area contributed by atoms with Crippen molar-refractivity contribution in [1.29, 1.82) is 0 Å². The minimum absolute atomic E-state index is 0.0536. The van der Waals surface area contributed by atoms with E-state index in [0.29, 0.717) is 22.8 Å². The van der Waals surface area contributed by atoms with Crippen LogP contribution in [0.1, 0.15) is 15.9 Å². The van der Waals surface area contributed by atoms with Gasteiger partial charge in [0.2, 0.25) is 11.8 Å². The summed E-state index contributed by atoms with van der Waals surface area (Å²) in [6.07, 6.45) is -3.57. The Labute approximate surface area is 199 Å². The van der Waals surface area contributed by atoms with Crippen molar-refractivity contribution in [2.45, 2.75) is 24.9 Å². The van der Waals surface area contributed by atoms with E-state index < -0.39 is 30.5 Å². The van der Waals surface area contributed by atoms with E-state index in [1.165, 1.54) is 29.8 Å². The molecule has 3 aromatic rings. The maximum atomic E-state index is 13.5. The molecule has 2 heterocycles. The van der Waals surface area contributed by atoms with Crippen molar-refractivity contribution in [3.63, 3.8) is 0 Å². The number of nitrogens with one attached hydrogen (secondary N) is 2. The van der Waals surface area contributed by atoms with Gasteiger partial charge in [0.05, 0.1) is 17.8 Å². The highest BCUT2D eigenvalue weighted by atomic mass is 19.4. The SMILES string of the molecule is CNc1nccc(-c2cccnc2Oc2cc(C(=O)NCC(F)(F)C(F)(F)C(F)(F)F)ccc2C)n1. The number of hydrogen-bond donors (Lipinski definition) is 2. The molecule has 36 heavy (non-hydrogen) atoms. The summed E-state index contributed by atoms with van der Waals surface area (Å²) < 4.78 is 95.9. The molecule has 0 aliphatic heterocycles. The second kappa shape index (κ2) is 9.95. The number of nitrogens with zero attached hydrogens (tertiary/aromatic N) is 3. The van der Waals surface area contributed by atoms with Crippen molar-refractivity contribution in [2.75, 3.05) is 18.9 Å². The third-order valence-corrected chi connectivity index (χ3v) is 4.87. The minimum atomic E-state index is -6.50. The van der Waals surface area contributed by atoms with Gasteiger partial charge in [-0.3, -0.25) is 4.79 Å². The fourth-order valence-electron chi connectivity index (χ4n) is 2.86. The van der Waals surface area contributed by atoms with E-state index in [1.807, 2.05) is 0 Å². The van der Waals surface area contributed by atoms with Gasteiger partial charge >= 0.3 is 18.0 Å². The number of aromatic nitrogens is 3. The second-order valence-electron chi connectivity index (χ2n) is 7.41. The Hall–Kier alpha value is -3.97. The Morgan fingerprint density at radius 3 is 2.39 bits per heavy atom. The number of halogens is 7. The van der Waals surface area contributed by atoms with Crippen LogP contribution in [0.25, 0.3) is 11.3 Å². The van der Waals surface area contributed by atoms with E-state index >= 15 is 0 Å². The van der Waals surface area contributed by atoms with E-state index in [0.717, 1.165) is 6.07 Å². The van der Waals surface area contributed by atoms with Crippen molar-refractivity contribution < 1.29 is 40.3 Å². The smallest absolute Gasteiger partial charge is 0.438 e. The molecule has 0 spiro atoms. The lowest BCUT2D eigenvalue weighted by Crippen LogP contribution is -2.56. The summed E-state index contributed by atoms with van der Waals surface area (Å²) in [6, 6.07) is 8.52. The van der Waals surface area contributed by atoms with Crippen LogP contribution in [-0.2, 0) is 0 Å². The molecule has 1 amide bonds. The first-order valence-electron chi connectivity index (χ1n) is 10.1. The van der Waals surface area contributed by atoms with Crippen LogP contribution in [0.5, 0.6) is 11.6 Å². The summed E-state index contributed by atoms with van der Waals surface area (Å²) in [6.45, 7) is -0.643. The zero-order valence-electron chi connectivity index (χ0n) is 18.6. The van der Waals surface area contributed by atoms with Crippen molar-refractivity contribution in [3.05, 3.63) is 59.9 Å². The average Bonchev–Trinajstić information content (AvgIpc) is 2.83. The van der Waals surface area contributed by atoms with E-state index in [1.54, 1.807) is 32.2 Å². The summed E-state index contributed by atoms with van der Waals surface area (Å²) in [7, 11) is 1.62. The van der Waals surface area contributed by atoms with Gasteiger partial charge in [-0.25, -0.2) is 15.0 Å². The standard InChI is InChI=1S/C22H18F7N5O2/c1-12-5-6-13(17(35)33-11-20(23,24)21(25,26)22(27,28)29)10-16(12)36-18-14(4-3-8-31-18)15-7-9-32-19(30-2)34-15/h3-10H,11H2,1-2H3,(H,33,35)(H,30,32,34). The molecule has 0 bridgehead atoms. The average molecular weight is 517 g/mol. The molecule has 2 N–H and O–H groups in total. The molecule has 0 atom stereocenters. The summed E-state index contributed by atoms with van der Waals surface area (Å²) in [5.41, 5.74) is 1.05. The van der Waals surface area contributed by atoms with Crippen LogP contribution in [0, 0.1) is 6.92 Å². The predicted molar refractivity (Wildman–Crippen MR) is 114 cm³/mol. The topological polar surface area (TPSA) is 89.0 Å². The van der Waals surface area contributed by atoms with Crippen LogP contribution in [0.15, 0.2) is 48.8 Å². The molecule has 0 unspecified atom stereocenters. The number of anilines is 1. The van der Waals surface area contributed by atoms with Crippen molar-refractivity contribution in [3.8, 4) is 22.9 Å². The van der Waals surface area contributed by atoms with Crippen molar-refractivity contribution >= 4 is 11.9 Å². The molecule has 3 rings (SSSR count). The Morgan fingerprint density at radius 2 is 1.72 bits per heavy atom. The van der Waals surface area contributed by atoms with Crippen LogP contribution >= 0.6 is 0 Å². The Kier molecular flexibility index (Phi) is 7.36. The predicted octanol–water partition coefficient (Wildman–Crippen LogP) is 5.24. The molecule has 0 fully saturated rings. The molecule has 0 aliphatic rings. The zero-order valence-corrected chi connectivity index (χ0v) is 18.6. The van der Waals surface area contributed by atoms with Gasteiger partial charge in [-0.05, 0) is 42.8 Å². The number of hydrogen-bond acceptors (Lipinski definition) is 6. The van der Waals surface area contributed by atoms with Gasteiger partial charge in [0.15, 0.2) is 0 Å². The van der Waals surface area contributed by atoms with Gasteiger partial charge in [0.25, 0.3) is 5.91 Å². The van der Waals surface area contributed by atoms with E-state index in [4.69, 9.17) is 4.74 Å². The van der Waals surface area contributed by atoms with Crippen LogP contribution in [-0.4, -0.2) is 52.5 Å². The molecule has 7 nitrogen and oxygen atoms in total. The highest BCUT2D eigenvalue weighted by molar-refractivity contribution is 5.94. The van der Waals surface area contributed by atoms with Crippen LogP contribution in [0.4, 0.5) is 36.7 Å². The van der Waals surface area contributed by atoms with E-state index in [-0.39, 0.29) is 17.2 Å². The van der Waals surface area contributed by atoms with Gasteiger partial charge in [0.1, 0.15) is 5.75 Å². The molecule has 0 saturated heterocycles. The lowest BCUT2D eigenvalue weighted by Gasteiger charge is -2.28. The number of alkyl halides is 7. The summed E-state index contributed by atoms with van der Waals surface area (Å²) >= 11 is 0. The van der Waals surface area contributed by atoms with Crippen LogP contribution in [0.2, 0.25) is 0 Å². The maximum Gasteiger partial charge on any atom is 0.459 e. The number of carbonyl (C=O) groups excluding carboxylic acids is 1. The molecule has 0 radical (unpaired) electrons. The normalized spacial score (nSPS) is 12.2. The van der Waals surface area contributed by atoms with Gasteiger partial charge in [0, 0.05) is 25.0 Å². The number of rotatable bonds is 8. The van der Waals surface area contributed by atoms with Gasteiger partial charge in [-0.1, -0.05) is 6.07 Å². The molecule has 2 aromatic heterocycles. The Balaban J connectivity index is 1.83. The largest absolute Gasteiger partial charge is 0.459 e. The monoisotopic (exact) mass is 517 g/mol. The first-order valence-corrected chi connectivity index (χ1v) is 10.1. The summed E-state index contributed by atoms with van der Waals surface area (Å²) in [5.74, 6) is -12.8. The van der Waals surface area contributed by atoms with E-state index in [9.17, 15) is 35.5 Å². The lowest BCUT2D eigenvalue weighted by molar-refractivity contribution is -0.352. The fraction of sp³-hybridized carbons (Fsp3) is 0.273. The third kappa shape index (κ3) is 5.47. The Bertz CT molecular complexity index is 1250. The number of pyridine rings is 1. The van der Waals surface area contributed by atoms with Crippen molar-refractivity contribution in [1.82, 2.24) is 20.3 Å². The Morgan fingerprint density at radius 1 is 1.00 bits per heavy atom. The number of ether oxygens (including phenoxy) is 1. The first-order chi connectivity index (χ1) is 16.8. The second-order valence-corrected chi connectivity index (χ2v) is 7.41. The highest BCUT2D eigenvalue weighted by Crippen LogP contribution is 2.46. The van der Waals surface area contributed by atoms with Crippen LogP contribution < -0.4 is 15.4 Å². The summed E-state index contributed by atoms with van der Waals surface area (Å²) in [4.78, 5) is 24.7. The molecule has 14 heteroatoms. The summed E-state index contributed by atoms with van der Waals surface area (Å²) in [5, 5.41) is 4.20. The van der Waals surface area contributed by atoms with Gasteiger partial charge < -0.3 is 15.4 Å². The molecule has 0 saturated carbocycles. The number of amides is 1. The maximum absolute atomic E-state index is 13.5. The number of aryl methyl sites for hydroxylation is 1. The van der Waals surface area contributed by atoms with Crippen LogP contribution in [0.3, 0.4) is 0 Å². The molecular weight excluding hydrogens is 499 g/mol. The number of benzene rings is 1. The molecular formula is C22H18F7N5O2. The zero-order chi connectivity index (χ0) is 26.7. The van der Waals surface area contributed by atoms with Gasteiger partial charge in [-0.15, -0.1) is 0 Å². The van der Waals surface area contributed by atoms with Gasteiger partial charge in [-0.2, -0.15) is 30.7 Å². The highest BCUT2D eigenvalue weighted by Gasteiger charge is 2.72. The lowest BCUT2D eigenvalue weighted by atomic mass is 10.1. The third-order valence-electron chi connectivity index (χ3n) is 4.87. The first kappa shape index (κ1) is 26.6. The van der Waals surface area contributed by atoms with E-state index in [2.05, 4.69) is 20.3 Å². The van der Waals surface area contributed by atoms with Crippen molar-refractivity contribution in [2.24, 2.45) is 0 Å². The molecule has 192 valence electrons. The molecule has 0 aliphatic carbocycles. The number of carbonyl (C=O) groups is 1.